The van der Waals surface area contributed by atoms with Crippen molar-refractivity contribution in [1.29, 1.82) is 10.5 Å². The van der Waals surface area contributed by atoms with Crippen molar-refractivity contribution < 1.29 is 14.3 Å². The standard InChI is InChI=1S/C24H21N3O3S2/c1-3-18-17(14-26)21(22(32-18)24(29)30-4-2)16-8-6-15(7-9-16)19-10-11-20(31-19)23(28)27-13-5-12-25/h6-11H,3-5,13H2,1-2H3,(H,27,28). The van der Waals surface area contributed by atoms with Crippen LogP contribution in [0.4, 0.5) is 0 Å². The molecule has 0 saturated heterocycles. The number of esters is 1. The Morgan fingerprint density at radius 2 is 1.75 bits per heavy atom. The summed E-state index contributed by atoms with van der Waals surface area (Å²) in [7, 11) is 0. The first-order valence-electron chi connectivity index (χ1n) is 10.1. The zero-order chi connectivity index (χ0) is 23.1. The number of aryl methyl sites for hydroxylation is 1. The van der Waals surface area contributed by atoms with Gasteiger partial charge in [0.05, 0.1) is 29.5 Å². The van der Waals surface area contributed by atoms with Gasteiger partial charge in [-0.15, -0.1) is 22.7 Å². The number of hydrogen-bond donors (Lipinski definition) is 1. The fourth-order valence-electron chi connectivity index (χ4n) is 3.20. The fraction of sp³-hybridized carbons (Fsp3) is 0.250. The molecule has 32 heavy (non-hydrogen) atoms. The summed E-state index contributed by atoms with van der Waals surface area (Å²) in [6, 6.07) is 15.5. The summed E-state index contributed by atoms with van der Waals surface area (Å²) in [6.07, 6.45) is 0.929. The van der Waals surface area contributed by atoms with Crippen molar-refractivity contribution in [3.63, 3.8) is 0 Å². The minimum atomic E-state index is -0.418. The molecule has 0 fully saturated rings. The van der Waals surface area contributed by atoms with Gasteiger partial charge in [0.1, 0.15) is 10.9 Å². The monoisotopic (exact) mass is 463 g/mol. The molecule has 0 radical (unpaired) electrons. The molecule has 8 heteroatoms. The van der Waals surface area contributed by atoms with E-state index in [9.17, 15) is 14.9 Å². The number of carbonyl (C=O) groups excluding carboxylic acids is 2. The van der Waals surface area contributed by atoms with Crippen LogP contribution in [0.1, 0.15) is 50.1 Å². The summed E-state index contributed by atoms with van der Waals surface area (Å²) < 4.78 is 5.21. The first-order valence-corrected chi connectivity index (χ1v) is 11.8. The first kappa shape index (κ1) is 23.2. The van der Waals surface area contributed by atoms with Crippen molar-refractivity contribution in [2.75, 3.05) is 13.2 Å². The van der Waals surface area contributed by atoms with Crippen molar-refractivity contribution >= 4 is 34.6 Å². The number of amides is 1. The predicted octanol–water partition coefficient (Wildman–Crippen LogP) is 5.40. The highest BCUT2D eigenvalue weighted by atomic mass is 32.1. The average molecular weight is 464 g/mol. The Kier molecular flexibility index (Phi) is 7.77. The highest BCUT2D eigenvalue weighted by Gasteiger charge is 2.24. The SMILES string of the molecule is CCOC(=O)c1sc(CC)c(C#N)c1-c1ccc(-c2ccc(C(=O)NCCC#N)s2)cc1. The second kappa shape index (κ2) is 10.7. The van der Waals surface area contributed by atoms with Crippen molar-refractivity contribution in [3.8, 4) is 33.7 Å². The van der Waals surface area contributed by atoms with Crippen molar-refractivity contribution in [1.82, 2.24) is 5.32 Å². The van der Waals surface area contributed by atoms with E-state index in [2.05, 4.69) is 11.4 Å². The number of nitrogens with zero attached hydrogens (tertiary/aromatic N) is 2. The third-order valence-electron chi connectivity index (χ3n) is 4.69. The van der Waals surface area contributed by atoms with Gasteiger partial charge >= 0.3 is 5.97 Å². The number of benzene rings is 1. The Bertz CT molecular complexity index is 1210. The summed E-state index contributed by atoms with van der Waals surface area (Å²) >= 11 is 2.67. The Hall–Kier alpha value is -3.46. The zero-order valence-corrected chi connectivity index (χ0v) is 19.4. The van der Waals surface area contributed by atoms with Crippen LogP contribution in [0, 0.1) is 22.7 Å². The predicted molar refractivity (Wildman–Crippen MR) is 126 cm³/mol. The third kappa shape index (κ3) is 4.88. The van der Waals surface area contributed by atoms with Gasteiger partial charge in [-0.05, 0) is 36.6 Å². The maximum atomic E-state index is 12.5. The molecule has 0 unspecified atom stereocenters. The molecule has 3 rings (SSSR count). The lowest BCUT2D eigenvalue weighted by molar-refractivity contribution is 0.0532. The minimum absolute atomic E-state index is 0.198. The van der Waals surface area contributed by atoms with E-state index < -0.39 is 5.97 Å². The first-order chi connectivity index (χ1) is 15.5. The molecular formula is C24H21N3O3S2. The highest BCUT2D eigenvalue weighted by Crippen LogP contribution is 2.38. The maximum absolute atomic E-state index is 12.5. The van der Waals surface area contributed by atoms with Gasteiger partial charge in [-0.3, -0.25) is 4.79 Å². The third-order valence-corrected chi connectivity index (χ3v) is 7.13. The minimum Gasteiger partial charge on any atom is -0.462 e. The molecule has 0 aliphatic rings. The second-order valence-electron chi connectivity index (χ2n) is 6.70. The Labute approximate surface area is 194 Å². The molecule has 0 atom stereocenters. The number of nitrogens with one attached hydrogen (secondary N) is 1. The van der Waals surface area contributed by atoms with E-state index in [0.717, 1.165) is 20.9 Å². The van der Waals surface area contributed by atoms with E-state index in [1.807, 2.05) is 43.3 Å². The van der Waals surface area contributed by atoms with Crippen LogP contribution in [0.25, 0.3) is 21.6 Å². The quantitative estimate of drug-likeness (QED) is 0.356. The van der Waals surface area contributed by atoms with E-state index in [4.69, 9.17) is 10.00 Å². The van der Waals surface area contributed by atoms with E-state index in [-0.39, 0.29) is 18.9 Å². The van der Waals surface area contributed by atoms with Gasteiger partial charge in [0, 0.05) is 21.9 Å². The van der Waals surface area contributed by atoms with Gasteiger partial charge < -0.3 is 10.1 Å². The van der Waals surface area contributed by atoms with Gasteiger partial charge in [-0.25, -0.2) is 4.79 Å². The second-order valence-corrected chi connectivity index (χ2v) is 8.88. The molecule has 0 spiro atoms. The molecule has 2 aromatic heterocycles. The lowest BCUT2D eigenvalue weighted by Crippen LogP contribution is -2.23. The van der Waals surface area contributed by atoms with Crippen LogP contribution in [0.3, 0.4) is 0 Å². The average Bonchev–Trinajstić information content (AvgIpc) is 3.44. The molecule has 0 bridgehead atoms. The van der Waals surface area contributed by atoms with Gasteiger partial charge in [0.25, 0.3) is 5.91 Å². The van der Waals surface area contributed by atoms with Gasteiger partial charge in [0.15, 0.2) is 0 Å². The van der Waals surface area contributed by atoms with Crippen LogP contribution in [0.2, 0.25) is 0 Å². The number of ether oxygens (including phenoxy) is 1. The number of nitriles is 2. The van der Waals surface area contributed by atoms with E-state index in [1.165, 1.54) is 22.7 Å². The van der Waals surface area contributed by atoms with E-state index in [1.54, 1.807) is 13.0 Å². The maximum Gasteiger partial charge on any atom is 0.348 e. The molecule has 1 aromatic carbocycles. The summed E-state index contributed by atoms with van der Waals surface area (Å²) in [5.74, 6) is -0.616. The summed E-state index contributed by atoms with van der Waals surface area (Å²) in [4.78, 5) is 27.5. The van der Waals surface area contributed by atoms with Crippen LogP contribution in [0.5, 0.6) is 0 Å². The highest BCUT2D eigenvalue weighted by molar-refractivity contribution is 7.17. The fourth-order valence-corrected chi connectivity index (χ4v) is 5.23. The molecule has 162 valence electrons. The molecule has 1 N–H and O–H groups in total. The van der Waals surface area contributed by atoms with E-state index >= 15 is 0 Å². The Morgan fingerprint density at radius 1 is 1.03 bits per heavy atom. The number of rotatable bonds is 8. The largest absolute Gasteiger partial charge is 0.462 e. The molecule has 0 aliphatic carbocycles. The summed E-state index contributed by atoms with van der Waals surface area (Å²) in [6.45, 7) is 4.30. The smallest absolute Gasteiger partial charge is 0.348 e. The van der Waals surface area contributed by atoms with Gasteiger partial charge in [0.2, 0.25) is 0 Å². The topological polar surface area (TPSA) is 103 Å². The van der Waals surface area contributed by atoms with Crippen LogP contribution in [-0.4, -0.2) is 25.0 Å². The number of thiophene rings is 2. The normalized spacial score (nSPS) is 10.2. The van der Waals surface area contributed by atoms with Crippen LogP contribution in [-0.2, 0) is 11.2 Å². The Balaban J connectivity index is 1.91. The van der Waals surface area contributed by atoms with Crippen LogP contribution >= 0.6 is 22.7 Å². The van der Waals surface area contributed by atoms with Gasteiger partial charge in [-0.1, -0.05) is 31.2 Å². The lowest BCUT2D eigenvalue weighted by Gasteiger charge is -2.06. The lowest BCUT2D eigenvalue weighted by atomic mass is 9.98. The van der Waals surface area contributed by atoms with E-state index in [0.29, 0.717) is 33.8 Å². The van der Waals surface area contributed by atoms with Crippen molar-refractivity contribution in [2.24, 2.45) is 0 Å². The Morgan fingerprint density at radius 3 is 2.38 bits per heavy atom. The molecule has 0 aliphatic heterocycles. The summed E-state index contributed by atoms with van der Waals surface area (Å²) in [5, 5.41) is 21.0. The van der Waals surface area contributed by atoms with Crippen LogP contribution < -0.4 is 5.32 Å². The van der Waals surface area contributed by atoms with Gasteiger partial charge in [-0.2, -0.15) is 10.5 Å². The molecular weight excluding hydrogens is 442 g/mol. The molecule has 0 saturated carbocycles. The molecule has 1 amide bonds. The van der Waals surface area contributed by atoms with Crippen molar-refractivity contribution in [2.45, 2.75) is 26.7 Å². The zero-order valence-electron chi connectivity index (χ0n) is 17.7. The number of carbonyl (C=O) groups is 2. The van der Waals surface area contributed by atoms with Crippen molar-refractivity contribution in [3.05, 3.63) is 56.6 Å². The summed E-state index contributed by atoms with van der Waals surface area (Å²) in [5.41, 5.74) is 2.83. The van der Waals surface area contributed by atoms with Crippen LogP contribution in [0.15, 0.2) is 36.4 Å². The number of hydrogen-bond acceptors (Lipinski definition) is 7. The molecule has 3 aromatic rings. The molecule has 6 nitrogen and oxygen atoms in total. The molecule has 2 heterocycles.